The molecule has 1 aromatic rings. The number of amides is 2. The number of carbonyl (C=O) groups excluding carboxylic acids is 2. The van der Waals surface area contributed by atoms with Crippen LogP contribution in [0.3, 0.4) is 0 Å². The second-order valence-corrected chi connectivity index (χ2v) is 5.72. The molecule has 1 heterocycles. The molecule has 21 heavy (non-hydrogen) atoms. The van der Waals surface area contributed by atoms with Crippen LogP contribution in [0.15, 0.2) is 24.3 Å². The largest absolute Gasteiger partial charge is 0.354 e. The number of unbranched alkanes of at least 4 members (excludes halogenated alkanes) is 1. The standard InChI is InChI=1S/C16H21ClN2O2/c1-2-3-10-18-16(21)14-8-9-15(20)19(14)11-12-6-4-5-7-13(12)17/h4-7,14H,2-3,8-11H2,1H3,(H,18,21). The Kier molecular flexibility index (Phi) is 5.62. The topological polar surface area (TPSA) is 49.4 Å². The summed E-state index contributed by atoms with van der Waals surface area (Å²) in [5, 5.41) is 3.54. The molecule has 1 aromatic carbocycles. The normalized spacial score (nSPS) is 18.1. The third-order valence-electron chi connectivity index (χ3n) is 3.76. The lowest BCUT2D eigenvalue weighted by molar-refractivity contribution is -0.135. The highest BCUT2D eigenvalue weighted by molar-refractivity contribution is 6.31. The van der Waals surface area contributed by atoms with Gasteiger partial charge in [-0.25, -0.2) is 0 Å². The van der Waals surface area contributed by atoms with Gasteiger partial charge in [-0.2, -0.15) is 0 Å². The van der Waals surface area contributed by atoms with Gasteiger partial charge in [-0.1, -0.05) is 43.1 Å². The first-order chi connectivity index (χ1) is 10.1. The third-order valence-corrected chi connectivity index (χ3v) is 4.13. The van der Waals surface area contributed by atoms with Gasteiger partial charge in [-0.05, 0) is 24.5 Å². The number of nitrogens with one attached hydrogen (secondary N) is 1. The highest BCUT2D eigenvalue weighted by Gasteiger charge is 2.35. The van der Waals surface area contributed by atoms with Crippen molar-refractivity contribution in [2.75, 3.05) is 6.54 Å². The molecule has 1 N–H and O–H groups in total. The van der Waals surface area contributed by atoms with Crippen LogP contribution in [0, 0.1) is 0 Å². The maximum Gasteiger partial charge on any atom is 0.242 e. The summed E-state index contributed by atoms with van der Waals surface area (Å²) in [6.45, 7) is 3.14. The van der Waals surface area contributed by atoms with Gasteiger partial charge < -0.3 is 10.2 Å². The fourth-order valence-electron chi connectivity index (χ4n) is 2.52. The van der Waals surface area contributed by atoms with Crippen molar-refractivity contribution in [3.05, 3.63) is 34.9 Å². The average Bonchev–Trinajstić information content (AvgIpc) is 2.83. The minimum Gasteiger partial charge on any atom is -0.354 e. The lowest BCUT2D eigenvalue weighted by Gasteiger charge is -2.24. The van der Waals surface area contributed by atoms with E-state index in [1.54, 1.807) is 11.0 Å². The molecule has 2 amide bonds. The van der Waals surface area contributed by atoms with Crippen LogP contribution in [-0.4, -0.2) is 29.3 Å². The Morgan fingerprint density at radius 3 is 2.90 bits per heavy atom. The van der Waals surface area contributed by atoms with Gasteiger partial charge in [0.15, 0.2) is 0 Å². The molecule has 0 aliphatic carbocycles. The zero-order valence-corrected chi connectivity index (χ0v) is 13.0. The Bertz CT molecular complexity index is 519. The van der Waals surface area contributed by atoms with Crippen LogP contribution in [0.5, 0.6) is 0 Å². The smallest absolute Gasteiger partial charge is 0.242 e. The monoisotopic (exact) mass is 308 g/mol. The molecule has 5 heteroatoms. The Labute approximate surface area is 130 Å². The zero-order chi connectivity index (χ0) is 15.2. The van der Waals surface area contributed by atoms with E-state index in [1.165, 1.54) is 0 Å². The van der Waals surface area contributed by atoms with E-state index in [4.69, 9.17) is 11.6 Å². The van der Waals surface area contributed by atoms with Gasteiger partial charge in [-0.15, -0.1) is 0 Å². The summed E-state index contributed by atoms with van der Waals surface area (Å²) in [6, 6.07) is 7.06. The number of rotatable bonds is 6. The van der Waals surface area contributed by atoms with E-state index in [1.807, 2.05) is 18.2 Å². The first kappa shape index (κ1) is 15.8. The number of likely N-dealkylation sites (tertiary alicyclic amines) is 1. The number of carbonyl (C=O) groups is 2. The second kappa shape index (κ2) is 7.46. The van der Waals surface area contributed by atoms with Crippen LogP contribution in [0.2, 0.25) is 5.02 Å². The first-order valence-corrected chi connectivity index (χ1v) is 7.82. The summed E-state index contributed by atoms with van der Waals surface area (Å²) in [5.41, 5.74) is 0.876. The van der Waals surface area contributed by atoms with Crippen molar-refractivity contribution < 1.29 is 9.59 Å². The Morgan fingerprint density at radius 1 is 1.43 bits per heavy atom. The predicted molar refractivity (Wildman–Crippen MR) is 82.9 cm³/mol. The Balaban J connectivity index is 2.03. The molecule has 0 saturated carbocycles. The van der Waals surface area contributed by atoms with E-state index in [2.05, 4.69) is 12.2 Å². The Hall–Kier alpha value is -1.55. The highest BCUT2D eigenvalue weighted by atomic mass is 35.5. The molecule has 1 aliphatic heterocycles. The van der Waals surface area contributed by atoms with Crippen LogP contribution >= 0.6 is 11.6 Å². The molecule has 0 spiro atoms. The summed E-state index contributed by atoms with van der Waals surface area (Å²) in [6.07, 6.45) is 3.00. The van der Waals surface area contributed by atoms with Crippen molar-refractivity contribution in [1.82, 2.24) is 10.2 Å². The lowest BCUT2D eigenvalue weighted by atomic mass is 10.1. The summed E-state index contributed by atoms with van der Waals surface area (Å²) in [4.78, 5) is 25.9. The fraction of sp³-hybridized carbons (Fsp3) is 0.500. The fourth-order valence-corrected chi connectivity index (χ4v) is 2.72. The molecule has 1 aliphatic rings. The minimum absolute atomic E-state index is 0.0190. The molecule has 4 nitrogen and oxygen atoms in total. The summed E-state index contributed by atoms with van der Waals surface area (Å²) in [5.74, 6) is -0.0353. The van der Waals surface area contributed by atoms with E-state index in [0.29, 0.717) is 31.0 Å². The first-order valence-electron chi connectivity index (χ1n) is 7.44. The molecule has 1 atom stereocenters. The average molecular weight is 309 g/mol. The molecule has 2 rings (SSSR count). The third kappa shape index (κ3) is 3.97. The molecular formula is C16H21ClN2O2. The van der Waals surface area contributed by atoms with Crippen molar-refractivity contribution in [1.29, 1.82) is 0 Å². The van der Waals surface area contributed by atoms with Gasteiger partial charge in [0.25, 0.3) is 0 Å². The van der Waals surface area contributed by atoms with Crippen LogP contribution < -0.4 is 5.32 Å². The SMILES string of the molecule is CCCCNC(=O)C1CCC(=O)N1Cc1ccccc1Cl. The zero-order valence-electron chi connectivity index (χ0n) is 12.3. The van der Waals surface area contributed by atoms with Crippen molar-refractivity contribution in [3.8, 4) is 0 Å². The van der Waals surface area contributed by atoms with Crippen molar-refractivity contribution in [3.63, 3.8) is 0 Å². The lowest BCUT2D eigenvalue weighted by Crippen LogP contribution is -2.44. The summed E-state index contributed by atoms with van der Waals surface area (Å²) in [7, 11) is 0. The van der Waals surface area contributed by atoms with Crippen molar-refractivity contribution >= 4 is 23.4 Å². The van der Waals surface area contributed by atoms with E-state index < -0.39 is 0 Å². The molecule has 1 unspecified atom stereocenters. The van der Waals surface area contributed by atoms with E-state index in [-0.39, 0.29) is 17.9 Å². The van der Waals surface area contributed by atoms with Gasteiger partial charge in [0.2, 0.25) is 11.8 Å². The van der Waals surface area contributed by atoms with Gasteiger partial charge in [0.1, 0.15) is 6.04 Å². The van der Waals surface area contributed by atoms with E-state index >= 15 is 0 Å². The number of halogens is 1. The van der Waals surface area contributed by atoms with Crippen molar-refractivity contribution in [2.24, 2.45) is 0 Å². The van der Waals surface area contributed by atoms with Crippen LogP contribution in [0.1, 0.15) is 38.2 Å². The van der Waals surface area contributed by atoms with Gasteiger partial charge in [0.05, 0.1) is 0 Å². The van der Waals surface area contributed by atoms with Crippen LogP contribution in [0.4, 0.5) is 0 Å². The summed E-state index contributed by atoms with van der Waals surface area (Å²) >= 11 is 6.14. The minimum atomic E-state index is -0.370. The molecule has 0 aromatic heterocycles. The molecule has 0 bridgehead atoms. The number of hydrogen-bond donors (Lipinski definition) is 1. The molecule has 1 fully saturated rings. The second-order valence-electron chi connectivity index (χ2n) is 5.31. The number of benzene rings is 1. The summed E-state index contributed by atoms with van der Waals surface area (Å²) < 4.78 is 0. The van der Waals surface area contributed by atoms with Gasteiger partial charge in [-0.3, -0.25) is 9.59 Å². The number of nitrogens with zero attached hydrogens (tertiary/aromatic N) is 1. The highest BCUT2D eigenvalue weighted by Crippen LogP contribution is 2.24. The van der Waals surface area contributed by atoms with E-state index in [9.17, 15) is 9.59 Å². The Morgan fingerprint density at radius 2 is 2.19 bits per heavy atom. The molecule has 114 valence electrons. The van der Waals surface area contributed by atoms with Gasteiger partial charge >= 0.3 is 0 Å². The maximum atomic E-state index is 12.2. The predicted octanol–water partition coefficient (Wildman–Crippen LogP) is 2.75. The van der Waals surface area contributed by atoms with Crippen LogP contribution in [0.25, 0.3) is 0 Å². The van der Waals surface area contributed by atoms with Crippen molar-refractivity contribution in [2.45, 2.75) is 45.2 Å². The molecule has 1 saturated heterocycles. The quantitative estimate of drug-likeness (QED) is 0.822. The molecule has 0 radical (unpaired) electrons. The van der Waals surface area contributed by atoms with Gasteiger partial charge in [0, 0.05) is 24.5 Å². The molecular weight excluding hydrogens is 288 g/mol. The number of hydrogen-bond acceptors (Lipinski definition) is 2. The van der Waals surface area contributed by atoms with Crippen LogP contribution in [-0.2, 0) is 16.1 Å². The van der Waals surface area contributed by atoms with E-state index in [0.717, 1.165) is 18.4 Å². The maximum absolute atomic E-state index is 12.2.